The fraction of sp³-hybridized carbons (Fsp3) is 0.133. The van der Waals surface area contributed by atoms with Crippen molar-refractivity contribution >= 4 is 35.4 Å². The van der Waals surface area contributed by atoms with E-state index in [0.29, 0.717) is 27.3 Å². The molecule has 22 heavy (non-hydrogen) atoms. The largest absolute Gasteiger partial charge is 0.479 e. The van der Waals surface area contributed by atoms with Crippen LogP contribution in [-0.4, -0.2) is 22.9 Å². The number of aromatic amines is 1. The fourth-order valence-corrected chi connectivity index (χ4v) is 2.31. The van der Waals surface area contributed by atoms with Crippen molar-refractivity contribution < 1.29 is 14.3 Å². The average molecular weight is 315 g/mol. The Labute approximate surface area is 131 Å². The Bertz CT molecular complexity index is 816. The van der Waals surface area contributed by atoms with Gasteiger partial charge in [0, 0.05) is 11.9 Å². The van der Waals surface area contributed by atoms with Gasteiger partial charge in [-0.3, -0.25) is 9.59 Å². The first-order valence-corrected chi connectivity index (χ1v) is 7.06. The van der Waals surface area contributed by atoms with Crippen LogP contribution in [0.1, 0.15) is 17.3 Å². The van der Waals surface area contributed by atoms with E-state index < -0.39 is 6.10 Å². The molecule has 6 nitrogen and oxygen atoms in total. The highest BCUT2D eigenvalue weighted by atomic mass is 32.1. The van der Waals surface area contributed by atoms with E-state index in [1.807, 2.05) is 0 Å². The van der Waals surface area contributed by atoms with E-state index >= 15 is 0 Å². The monoisotopic (exact) mass is 315 g/mol. The van der Waals surface area contributed by atoms with Gasteiger partial charge in [0.2, 0.25) is 0 Å². The van der Waals surface area contributed by atoms with E-state index in [9.17, 15) is 9.59 Å². The molecule has 2 amide bonds. The minimum atomic E-state index is -0.532. The van der Waals surface area contributed by atoms with Crippen molar-refractivity contribution in [1.82, 2.24) is 4.98 Å². The number of nitrogens with one attached hydrogen (secondary N) is 3. The number of hydrogen-bond acceptors (Lipinski definition) is 4. The van der Waals surface area contributed by atoms with Gasteiger partial charge >= 0.3 is 0 Å². The second-order valence-electron chi connectivity index (χ2n) is 4.83. The summed E-state index contributed by atoms with van der Waals surface area (Å²) in [6.07, 6.45) is 1.13. The van der Waals surface area contributed by atoms with Crippen LogP contribution >= 0.6 is 12.2 Å². The normalized spacial score (nSPS) is 16.2. The van der Waals surface area contributed by atoms with E-state index in [4.69, 9.17) is 17.0 Å². The molecule has 0 aliphatic carbocycles. The highest BCUT2D eigenvalue weighted by Gasteiger charge is 2.23. The number of carbonyl (C=O) groups excluding carboxylic acids is 2. The molecule has 1 aliphatic heterocycles. The van der Waals surface area contributed by atoms with Gasteiger partial charge in [0.1, 0.15) is 10.4 Å². The molecule has 112 valence electrons. The average Bonchev–Trinajstić information content (AvgIpc) is 2.49. The van der Waals surface area contributed by atoms with Crippen LogP contribution in [0.4, 0.5) is 11.4 Å². The lowest BCUT2D eigenvalue weighted by atomic mass is 10.2. The molecule has 1 aromatic heterocycles. The second-order valence-corrected chi connectivity index (χ2v) is 5.24. The zero-order valence-corrected chi connectivity index (χ0v) is 12.5. The lowest BCUT2D eigenvalue weighted by molar-refractivity contribution is -0.122. The number of H-pyrrole nitrogens is 1. The summed E-state index contributed by atoms with van der Waals surface area (Å²) in [5.74, 6) is 0.0294. The van der Waals surface area contributed by atoms with Gasteiger partial charge in [-0.25, -0.2) is 0 Å². The molecule has 0 bridgehead atoms. The molecule has 0 spiro atoms. The van der Waals surface area contributed by atoms with E-state index in [-0.39, 0.29) is 11.8 Å². The quantitative estimate of drug-likeness (QED) is 0.744. The molecule has 1 aromatic carbocycles. The zero-order chi connectivity index (χ0) is 15.7. The van der Waals surface area contributed by atoms with Crippen molar-refractivity contribution in [2.45, 2.75) is 13.0 Å². The minimum absolute atomic E-state index is 0.221. The maximum Gasteiger partial charge on any atom is 0.265 e. The summed E-state index contributed by atoms with van der Waals surface area (Å²) in [7, 11) is 0. The second kappa shape index (κ2) is 5.61. The fourth-order valence-electron chi connectivity index (χ4n) is 2.09. The number of aromatic nitrogens is 1. The number of rotatable bonds is 2. The van der Waals surface area contributed by atoms with E-state index in [1.165, 1.54) is 0 Å². The Morgan fingerprint density at radius 1 is 1.36 bits per heavy atom. The van der Waals surface area contributed by atoms with Gasteiger partial charge in [0.25, 0.3) is 11.8 Å². The minimum Gasteiger partial charge on any atom is -0.479 e. The molecule has 0 unspecified atom stereocenters. The molecule has 0 fully saturated rings. The summed E-state index contributed by atoms with van der Waals surface area (Å²) in [4.78, 5) is 26.6. The third-order valence-corrected chi connectivity index (χ3v) is 3.57. The number of pyridine rings is 1. The molecule has 3 N–H and O–H groups in total. The van der Waals surface area contributed by atoms with E-state index in [2.05, 4.69) is 15.6 Å². The van der Waals surface area contributed by atoms with Crippen LogP contribution in [-0.2, 0) is 4.79 Å². The van der Waals surface area contributed by atoms with Gasteiger partial charge in [-0.2, -0.15) is 0 Å². The predicted octanol–water partition coefficient (Wildman–Crippen LogP) is 2.72. The molecule has 2 heterocycles. The van der Waals surface area contributed by atoms with Crippen LogP contribution in [0, 0.1) is 4.64 Å². The Kier molecular flexibility index (Phi) is 3.64. The van der Waals surface area contributed by atoms with E-state index in [0.717, 1.165) is 0 Å². The van der Waals surface area contributed by atoms with Gasteiger partial charge < -0.3 is 20.4 Å². The number of amides is 2. The molecule has 0 saturated heterocycles. The van der Waals surface area contributed by atoms with Crippen molar-refractivity contribution in [3.8, 4) is 5.75 Å². The van der Waals surface area contributed by atoms with Gasteiger partial charge in [-0.15, -0.1) is 0 Å². The van der Waals surface area contributed by atoms with Crippen molar-refractivity contribution in [2.24, 2.45) is 0 Å². The standard InChI is InChI=1S/C15H13N3O3S/c1-8-13(19)18-11-7-9(4-5-12(11)21-8)17-14(20)10-3-2-6-16-15(10)22/h2-8H,1H3,(H,16,22)(H,17,20)(H,18,19)/t8-/m1/s1. The van der Waals surface area contributed by atoms with Crippen LogP contribution in [0.15, 0.2) is 36.5 Å². The molecule has 7 heteroatoms. The number of anilines is 2. The van der Waals surface area contributed by atoms with Crippen LogP contribution in [0.2, 0.25) is 0 Å². The number of benzene rings is 1. The Hall–Kier alpha value is -2.67. The third-order valence-electron chi connectivity index (χ3n) is 3.23. The molecule has 1 aliphatic rings. The first-order chi connectivity index (χ1) is 10.5. The molecule has 0 saturated carbocycles. The highest BCUT2D eigenvalue weighted by molar-refractivity contribution is 7.71. The topological polar surface area (TPSA) is 83.2 Å². The first-order valence-electron chi connectivity index (χ1n) is 6.65. The number of carbonyl (C=O) groups is 2. The number of ether oxygens (including phenoxy) is 1. The molecule has 2 aromatic rings. The maximum absolute atomic E-state index is 12.2. The smallest absolute Gasteiger partial charge is 0.265 e. The van der Waals surface area contributed by atoms with Crippen molar-refractivity contribution in [3.63, 3.8) is 0 Å². The summed E-state index contributed by atoms with van der Waals surface area (Å²) in [5.41, 5.74) is 1.45. The molecular weight excluding hydrogens is 302 g/mol. The summed E-state index contributed by atoms with van der Waals surface area (Å²) in [6, 6.07) is 8.39. The van der Waals surface area contributed by atoms with Crippen molar-refractivity contribution in [1.29, 1.82) is 0 Å². The first kappa shape index (κ1) is 14.3. The Morgan fingerprint density at radius 2 is 2.18 bits per heavy atom. The summed E-state index contributed by atoms with van der Waals surface area (Å²) >= 11 is 5.08. The lowest BCUT2D eigenvalue weighted by Crippen LogP contribution is -2.34. The lowest BCUT2D eigenvalue weighted by Gasteiger charge is -2.23. The van der Waals surface area contributed by atoms with Crippen LogP contribution < -0.4 is 15.4 Å². The van der Waals surface area contributed by atoms with Gasteiger partial charge in [-0.1, -0.05) is 12.2 Å². The molecular formula is C15H13N3O3S. The SMILES string of the molecule is C[C@H]1Oc2ccc(NC(=O)c3ccc[nH]c3=S)cc2NC1=O. The van der Waals surface area contributed by atoms with E-state index in [1.54, 1.807) is 43.5 Å². The predicted molar refractivity (Wildman–Crippen MR) is 84.7 cm³/mol. The maximum atomic E-state index is 12.2. The van der Waals surface area contributed by atoms with Crippen LogP contribution in [0.5, 0.6) is 5.75 Å². The number of fused-ring (bicyclic) bond motifs is 1. The number of hydrogen-bond donors (Lipinski definition) is 3. The summed E-state index contributed by atoms with van der Waals surface area (Å²) < 4.78 is 5.83. The van der Waals surface area contributed by atoms with Crippen molar-refractivity contribution in [2.75, 3.05) is 10.6 Å². The summed E-state index contributed by atoms with van der Waals surface area (Å²) in [5, 5.41) is 5.48. The summed E-state index contributed by atoms with van der Waals surface area (Å²) in [6.45, 7) is 1.67. The van der Waals surface area contributed by atoms with Gasteiger partial charge in [0.15, 0.2) is 6.10 Å². The highest BCUT2D eigenvalue weighted by Crippen LogP contribution is 2.32. The van der Waals surface area contributed by atoms with Crippen LogP contribution in [0.25, 0.3) is 0 Å². The van der Waals surface area contributed by atoms with Crippen LogP contribution in [0.3, 0.4) is 0 Å². The van der Waals surface area contributed by atoms with Crippen molar-refractivity contribution in [3.05, 3.63) is 46.7 Å². The zero-order valence-electron chi connectivity index (χ0n) is 11.7. The Balaban J connectivity index is 1.84. The molecule has 3 rings (SSSR count). The molecule has 0 radical (unpaired) electrons. The third kappa shape index (κ3) is 2.71. The molecule has 1 atom stereocenters. The van der Waals surface area contributed by atoms with Gasteiger partial charge in [-0.05, 0) is 37.3 Å². The Morgan fingerprint density at radius 3 is 2.95 bits per heavy atom. The van der Waals surface area contributed by atoms with Gasteiger partial charge in [0.05, 0.1) is 11.3 Å².